The lowest BCUT2D eigenvalue weighted by molar-refractivity contribution is 0.0751. The maximum atomic E-state index is 12.7. The number of nitrogens with zero attached hydrogens (tertiary/aromatic N) is 6. The summed E-state index contributed by atoms with van der Waals surface area (Å²) in [5.74, 6) is 0.550. The number of hydrogen-bond acceptors (Lipinski definition) is 6. The molecule has 0 unspecified atom stereocenters. The van der Waals surface area contributed by atoms with Crippen LogP contribution in [-0.4, -0.2) is 50.6 Å². The predicted octanol–water partition coefficient (Wildman–Crippen LogP) is 2.02. The van der Waals surface area contributed by atoms with E-state index in [0.717, 1.165) is 37.4 Å². The number of hydrogen-bond donors (Lipinski definition) is 1. The lowest BCUT2D eigenvalue weighted by Gasteiger charge is -2.26. The van der Waals surface area contributed by atoms with Gasteiger partial charge in [0.15, 0.2) is 5.65 Å². The number of amides is 1. The van der Waals surface area contributed by atoms with Crippen LogP contribution in [0.25, 0.3) is 5.65 Å². The molecule has 0 bridgehead atoms. The van der Waals surface area contributed by atoms with Crippen LogP contribution in [-0.2, 0) is 0 Å². The van der Waals surface area contributed by atoms with Crippen LogP contribution in [0, 0.1) is 0 Å². The van der Waals surface area contributed by atoms with E-state index >= 15 is 0 Å². The highest BCUT2D eigenvalue weighted by molar-refractivity contribution is 5.99. The Hall–Kier alpha value is -3.00. The third-order valence-corrected chi connectivity index (χ3v) is 4.59. The average Bonchev–Trinajstić information content (AvgIpc) is 3.12. The summed E-state index contributed by atoms with van der Waals surface area (Å²) in [5.41, 5.74) is 4.90. The van der Waals surface area contributed by atoms with Gasteiger partial charge in [-0.2, -0.15) is 5.10 Å². The molecule has 4 heterocycles. The first kappa shape index (κ1) is 16.5. The van der Waals surface area contributed by atoms with E-state index in [0.29, 0.717) is 11.2 Å². The molecule has 1 N–H and O–H groups in total. The second-order valence-corrected chi connectivity index (χ2v) is 6.37. The van der Waals surface area contributed by atoms with Gasteiger partial charge in [-0.05, 0) is 31.0 Å². The minimum atomic E-state index is -0.171. The van der Waals surface area contributed by atoms with Crippen molar-refractivity contribution in [3.63, 3.8) is 0 Å². The van der Waals surface area contributed by atoms with E-state index in [1.807, 2.05) is 41.4 Å². The van der Waals surface area contributed by atoms with Crippen molar-refractivity contribution >= 4 is 23.1 Å². The van der Waals surface area contributed by atoms with E-state index in [-0.39, 0.29) is 5.91 Å². The molecule has 0 atom stereocenters. The quantitative estimate of drug-likeness (QED) is 0.775. The lowest BCUT2D eigenvalue weighted by atomic mass is 10.2. The first-order valence-electron chi connectivity index (χ1n) is 8.76. The van der Waals surface area contributed by atoms with Crippen molar-refractivity contribution in [2.24, 2.45) is 0 Å². The molecule has 0 spiro atoms. The Morgan fingerprint density at radius 2 is 2.04 bits per heavy atom. The second kappa shape index (κ2) is 7.09. The molecule has 8 heteroatoms. The summed E-state index contributed by atoms with van der Waals surface area (Å²) in [6.45, 7) is 1.76. The molecule has 4 rings (SSSR count). The Kier molecular flexibility index (Phi) is 4.49. The molecule has 3 aromatic rings. The number of pyridine rings is 1. The Labute approximate surface area is 151 Å². The van der Waals surface area contributed by atoms with Gasteiger partial charge in [-0.3, -0.25) is 15.2 Å². The van der Waals surface area contributed by atoms with E-state index in [9.17, 15) is 4.79 Å². The van der Waals surface area contributed by atoms with E-state index in [4.69, 9.17) is 0 Å². The van der Waals surface area contributed by atoms with Gasteiger partial charge in [0.05, 0.1) is 18.1 Å². The van der Waals surface area contributed by atoms with Gasteiger partial charge < -0.3 is 4.90 Å². The zero-order valence-electron chi connectivity index (χ0n) is 14.7. The molecule has 1 saturated heterocycles. The molecule has 26 heavy (non-hydrogen) atoms. The Bertz CT molecular complexity index is 902. The van der Waals surface area contributed by atoms with Crippen molar-refractivity contribution in [3.05, 3.63) is 48.5 Å². The van der Waals surface area contributed by atoms with E-state index in [2.05, 4.69) is 20.5 Å². The highest BCUT2D eigenvalue weighted by atomic mass is 16.2. The number of anilines is 2. The molecule has 3 aromatic heterocycles. The van der Waals surface area contributed by atoms with Gasteiger partial charge in [0, 0.05) is 32.5 Å². The molecule has 134 valence electrons. The van der Waals surface area contributed by atoms with Crippen molar-refractivity contribution in [2.75, 3.05) is 25.0 Å². The zero-order valence-corrected chi connectivity index (χ0v) is 14.7. The molecular formula is C18H21N7O. The van der Waals surface area contributed by atoms with Gasteiger partial charge in [-0.1, -0.05) is 6.42 Å². The maximum Gasteiger partial charge on any atom is 0.271 e. The minimum absolute atomic E-state index is 0.171. The molecular weight excluding hydrogens is 330 g/mol. The van der Waals surface area contributed by atoms with Crippen LogP contribution in [0.15, 0.2) is 43.0 Å². The molecule has 1 aliphatic heterocycles. The topological polar surface area (TPSA) is 78.7 Å². The number of carbonyl (C=O) groups is 1. The molecule has 0 aromatic carbocycles. The monoisotopic (exact) mass is 351 g/mol. The summed E-state index contributed by atoms with van der Waals surface area (Å²) in [7, 11) is 1.92. The van der Waals surface area contributed by atoms with Crippen LogP contribution in [0.4, 0.5) is 11.5 Å². The molecule has 1 aliphatic rings. The van der Waals surface area contributed by atoms with Gasteiger partial charge in [0.1, 0.15) is 11.4 Å². The highest BCUT2D eigenvalue weighted by Crippen LogP contribution is 2.21. The summed E-state index contributed by atoms with van der Waals surface area (Å²) >= 11 is 0. The molecule has 1 fully saturated rings. The summed E-state index contributed by atoms with van der Waals surface area (Å²) in [6, 6.07) is 5.69. The third-order valence-electron chi connectivity index (χ3n) is 4.59. The summed E-state index contributed by atoms with van der Waals surface area (Å²) in [5, 5.41) is 6.22. The smallest absolute Gasteiger partial charge is 0.271 e. The van der Waals surface area contributed by atoms with Crippen LogP contribution in [0.1, 0.15) is 29.6 Å². The van der Waals surface area contributed by atoms with Gasteiger partial charge in [0.25, 0.3) is 5.91 Å². The van der Waals surface area contributed by atoms with Crippen molar-refractivity contribution in [1.29, 1.82) is 0 Å². The third kappa shape index (κ3) is 3.23. The Morgan fingerprint density at radius 1 is 1.19 bits per heavy atom. The molecule has 0 aliphatic carbocycles. The SMILES string of the molecule is CN(c1cccnc1)c1ccn2ncc(C(=O)NN3CCCCC3)c2n1. The van der Waals surface area contributed by atoms with Crippen LogP contribution >= 0.6 is 0 Å². The van der Waals surface area contributed by atoms with E-state index in [1.54, 1.807) is 23.1 Å². The summed E-state index contributed by atoms with van der Waals surface area (Å²) < 4.78 is 1.62. The first-order chi connectivity index (χ1) is 12.7. The number of fused-ring (bicyclic) bond motifs is 1. The number of carbonyl (C=O) groups excluding carboxylic acids is 1. The zero-order chi connectivity index (χ0) is 17.9. The number of nitrogens with one attached hydrogen (secondary N) is 1. The van der Waals surface area contributed by atoms with Crippen LogP contribution in [0.5, 0.6) is 0 Å². The van der Waals surface area contributed by atoms with E-state index in [1.165, 1.54) is 6.42 Å². The van der Waals surface area contributed by atoms with Crippen molar-refractivity contribution < 1.29 is 4.79 Å². The standard InChI is InChI=1S/C18H21N7O/c1-23(14-6-5-8-19-12-14)16-7-11-25-17(21-16)15(13-20-25)18(26)22-24-9-3-2-4-10-24/h5-8,11-13H,2-4,9-10H2,1H3,(H,22,26). The highest BCUT2D eigenvalue weighted by Gasteiger charge is 2.19. The number of rotatable bonds is 4. The average molecular weight is 351 g/mol. The first-order valence-corrected chi connectivity index (χ1v) is 8.76. The van der Waals surface area contributed by atoms with Crippen LogP contribution in [0.2, 0.25) is 0 Å². The van der Waals surface area contributed by atoms with Gasteiger partial charge in [-0.15, -0.1) is 0 Å². The van der Waals surface area contributed by atoms with E-state index < -0.39 is 0 Å². The fourth-order valence-corrected chi connectivity index (χ4v) is 3.10. The second-order valence-electron chi connectivity index (χ2n) is 6.37. The molecule has 1 amide bonds. The Balaban J connectivity index is 1.61. The molecule has 0 saturated carbocycles. The predicted molar refractivity (Wildman–Crippen MR) is 98.2 cm³/mol. The van der Waals surface area contributed by atoms with Crippen molar-refractivity contribution in [3.8, 4) is 0 Å². The molecule has 0 radical (unpaired) electrons. The van der Waals surface area contributed by atoms with Gasteiger partial charge in [0.2, 0.25) is 0 Å². The van der Waals surface area contributed by atoms with Gasteiger partial charge >= 0.3 is 0 Å². The van der Waals surface area contributed by atoms with Gasteiger partial charge in [-0.25, -0.2) is 14.5 Å². The lowest BCUT2D eigenvalue weighted by Crippen LogP contribution is -2.45. The summed E-state index contributed by atoms with van der Waals surface area (Å²) in [6.07, 6.45) is 10.3. The largest absolute Gasteiger partial charge is 0.328 e. The van der Waals surface area contributed by atoms with Crippen molar-refractivity contribution in [1.82, 2.24) is 30.0 Å². The summed E-state index contributed by atoms with van der Waals surface area (Å²) in [4.78, 5) is 23.4. The van der Waals surface area contributed by atoms with Crippen LogP contribution < -0.4 is 10.3 Å². The number of hydrazine groups is 1. The normalized spacial score (nSPS) is 15.1. The van der Waals surface area contributed by atoms with Crippen LogP contribution in [0.3, 0.4) is 0 Å². The minimum Gasteiger partial charge on any atom is -0.328 e. The van der Waals surface area contributed by atoms with Crippen molar-refractivity contribution in [2.45, 2.75) is 19.3 Å². The fourth-order valence-electron chi connectivity index (χ4n) is 3.10. The number of piperidine rings is 1. The Morgan fingerprint density at radius 3 is 2.81 bits per heavy atom. The number of aromatic nitrogens is 4. The molecule has 8 nitrogen and oxygen atoms in total. The fraction of sp³-hybridized carbons (Fsp3) is 0.333. The maximum absolute atomic E-state index is 12.7.